The first kappa shape index (κ1) is 18.5. The van der Waals surface area contributed by atoms with Crippen LogP contribution in [0.4, 0.5) is 5.69 Å². The fraction of sp³-hybridized carbons (Fsp3) is 0.235. The zero-order chi connectivity index (χ0) is 18.7. The van der Waals surface area contributed by atoms with Crippen LogP contribution in [0.5, 0.6) is 11.5 Å². The zero-order valence-electron chi connectivity index (χ0n) is 13.9. The minimum Gasteiger partial charge on any atom is -0.454 e. The van der Waals surface area contributed by atoms with Gasteiger partial charge in [0.1, 0.15) is 4.90 Å². The number of rotatable bonds is 6. The first-order valence-corrected chi connectivity index (χ1v) is 9.66. The summed E-state index contributed by atoms with van der Waals surface area (Å²) in [6.07, 6.45) is 0. The lowest BCUT2D eigenvalue weighted by Crippen LogP contribution is -2.37. The molecule has 2 aromatic carbocycles. The molecule has 1 aliphatic rings. The van der Waals surface area contributed by atoms with Crippen molar-refractivity contribution in [3.05, 3.63) is 47.5 Å². The van der Waals surface area contributed by atoms with Crippen molar-refractivity contribution < 1.29 is 22.7 Å². The number of halogens is 1. The molecule has 0 spiro atoms. The van der Waals surface area contributed by atoms with Crippen LogP contribution in [0.1, 0.15) is 6.92 Å². The Balaban J connectivity index is 1.70. The van der Waals surface area contributed by atoms with Gasteiger partial charge in [0.2, 0.25) is 22.7 Å². The van der Waals surface area contributed by atoms with Crippen LogP contribution in [0.3, 0.4) is 0 Å². The van der Waals surface area contributed by atoms with Crippen LogP contribution in [-0.4, -0.2) is 34.2 Å². The summed E-state index contributed by atoms with van der Waals surface area (Å²) in [5, 5.41) is 0.138. The molecule has 0 bridgehead atoms. The van der Waals surface area contributed by atoms with E-state index >= 15 is 0 Å². The molecule has 1 amide bonds. The molecule has 0 aliphatic carbocycles. The lowest BCUT2D eigenvalue weighted by Gasteiger charge is -2.21. The van der Waals surface area contributed by atoms with Crippen LogP contribution in [0, 0.1) is 0 Å². The molecule has 3 rings (SSSR count). The number of ether oxygens (including phenoxy) is 2. The minimum atomic E-state index is -3.77. The maximum atomic E-state index is 12.4. The van der Waals surface area contributed by atoms with Gasteiger partial charge in [-0.25, -0.2) is 13.1 Å². The molecule has 0 saturated carbocycles. The molecule has 0 saturated heterocycles. The van der Waals surface area contributed by atoms with Gasteiger partial charge in [0.05, 0.1) is 5.02 Å². The number of nitrogens with zero attached hydrogens (tertiary/aromatic N) is 1. The summed E-state index contributed by atoms with van der Waals surface area (Å²) in [5.74, 6) is 0.933. The van der Waals surface area contributed by atoms with Crippen molar-refractivity contribution in [2.75, 3.05) is 24.8 Å². The first-order chi connectivity index (χ1) is 12.4. The van der Waals surface area contributed by atoms with E-state index in [1.165, 1.54) is 24.0 Å². The van der Waals surface area contributed by atoms with Crippen molar-refractivity contribution >= 4 is 33.2 Å². The molecule has 138 valence electrons. The van der Waals surface area contributed by atoms with Gasteiger partial charge in [-0.3, -0.25) is 4.79 Å². The predicted molar refractivity (Wildman–Crippen MR) is 97.2 cm³/mol. The number of carbonyl (C=O) groups excluding carboxylic acids is 1. The Hall–Kier alpha value is -2.29. The molecule has 1 heterocycles. The largest absolute Gasteiger partial charge is 0.454 e. The third kappa shape index (κ3) is 3.92. The van der Waals surface area contributed by atoms with E-state index in [4.69, 9.17) is 21.1 Å². The number of anilines is 1. The Morgan fingerprint density at radius 2 is 1.92 bits per heavy atom. The van der Waals surface area contributed by atoms with Gasteiger partial charge >= 0.3 is 0 Å². The SMILES string of the molecule is CC(=O)N(CCNS(=O)(=O)c1ccccc1Cl)c1ccc2c(c1)OCO2. The maximum absolute atomic E-state index is 12.4. The third-order valence-corrected chi connectivity index (χ3v) is 5.76. The van der Waals surface area contributed by atoms with Crippen molar-refractivity contribution in [2.45, 2.75) is 11.8 Å². The van der Waals surface area contributed by atoms with E-state index in [1.54, 1.807) is 30.3 Å². The van der Waals surface area contributed by atoms with Gasteiger partial charge < -0.3 is 14.4 Å². The highest BCUT2D eigenvalue weighted by molar-refractivity contribution is 7.89. The van der Waals surface area contributed by atoms with Crippen LogP contribution in [0.2, 0.25) is 5.02 Å². The molecule has 0 aromatic heterocycles. The first-order valence-electron chi connectivity index (χ1n) is 7.80. The standard InChI is InChI=1S/C17H17ClN2O5S/c1-12(21)20(13-6-7-15-16(10-13)25-11-24-15)9-8-19-26(22,23)17-5-3-2-4-14(17)18/h2-7,10,19H,8-9,11H2,1H3. The topological polar surface area (TPSA) is 84.9 Å². The fourth-order valence-electron chi connectivity index (χ4n) is 2.55. The molecule has 26 heavy (non-hydrogen) atoms. The Labute approximate surface area is 156 Å². The monoisotopic (exact) mass is 396 g/mol. The van der Waals surface area contributed by atoms with Crippen molar-refractivity contribution in [1.82, 2.24) is 4.72 Å². The summed E-state index contributed by atoms with van der Waals surface area (Å²) in [6.45, 7) is 1.73. The summed E-state index contributed by atoms with van der Waals surface area (Å²) < 4.78 is 37.7. The summed E-state index contributed by atoms with van der Waals surface area (Å²) in [6, 6.07) is 11.3. The molecule has 2 aromatic rings. The Morgan fingerprint density at radius 3 is 2.65 bits per heavy atom. The van der Waals surface area contributed by atoms with E-state index in [2.05, 4.69) is 4.72 Å². The van der Waals surface area contributed by atoms with Gasteiger partial charge in [-0.1, -0.05) is 23.7 Å². The molecule has 1 aliphatic heterocycles. The summed E-state index contributed by atoms with van der Waals surface area (Å²) >= 11 is 5.94. The number of sulfonamides is 1. The molecular weight excluding hydrogens is 380 g/mol. The summed E-state index contributed by atoms with van der Waals surface area (Å²) in [4.78, 5) is 13.4. The quantitative estimate of drug-likeness (QED) is 0.810. The van der Waals surface area contributed by atoms with E-state index in [0.29, 0.717) is 17.2 Å². The highest BCUT2D eigenvalue weighted by atomic mass is 35.5. The van der Waals surface area contributed by atoms with Gasteiger partial charge in [0, 0.05) is 31.8 Å². The van der Waals surface area contributed by atoms with Gasteiger partial charge in [-0.2, -0.15) is 0 Å². The van der Waals surface area contributed by atoms with E-state index in [1.807, 2.05) is 0 Å². The molecule has 1 N–H and O–H groups in total. The molecular formula is C17H17ClN2O5S. The lowest BCUT2D eigenvalue weighted by molar-refractivity contribution is -0.116. The highest BCUT2D eigenvalue weighted by Crippen LogP contribution is 2.35. The van der Waals surface area contributed by atoms with Crippen LogP contribution < -0.4 is 19.1 Å². The molecule has 0 fully saturated rings. The van der Waals surface area contributed by atoms with Crippen molar-refractivity contribution in [3.63, 3.8) is 0 Å². The van der Waals surface area contributed by atoms with Crippen molar-refractivity contribution in [3.8, 4) is 11.5 Å². The molecule has 0 atom stereocenters. The Morgan fingerprint density at radius 1 is 1.19 bits per heavy atom. The van der Waals surface area contributed by atoms with Gasteiger partial charge in [-0.05, 0) is 24.3 Å². The fourth-order valence-corrected chi connectivity index (χ4v) is 4.09. The summed E-state index contributed by atoms with van der Waals surface area (Å²) in [7, 11) is -3.77. The number of hydrogen-bond acceptors (Lipinski definition) is 5. The number of benzene rings is 2. The smallest absolute Gasteiger partial charge is 0.242 e. The number of hydrogen-bond donors (Lipinski definition) is 1. The van der Waals surface area contributed by atoms with E-state index in [-0.39, 0.29) is 35.7 Å². The van der Waals surface area contributed by atoms with Gasteiger partial charge in [0.15, 0.2) is 11.5 Å². The normalized spacial score (nSPS) is 12.8. The van der Waals surface area contributed by atoms with Crippen molar-refractivity contribution in [2.24, 2.45) is 0 Å². The second-order valence-electron chi connectivity index (χ2n) is 5.54. The van der Waals surface area contributed by atoms with E-state index in [9.17, 15) is 13.2 Å². The highest BCUT2D eigenvalue weighted by Gasteiger charge is 2.20. The van der Waals surface area contributed by atoms with Gasteiger partial charge in [-0.15, -0.1) is 0 Å². The number of fused-ring (bicyclic) bond motifs is 1. The minimum absolute atomic E-state index is 0.000814. The van der Waals surface area contributed by atoms with Crippen LogP contribution in [0.25, 0.3) is 0 Å². The second-order valence-corrected chi connectivity index (χ2v) is 7.68. The average molecular weight is 397 g/mol. The Bertz CT molecular complexity index is 933. The van der Waals surface area contributed by atoms with Crippen LogP contribution in [-0.2, 0) is 14.8 Å². The van der Waals surface area contributed by atoms with E-state index < -0.39 is 10.0 Å². The van der Waals surface area contributed by atoms with Crippen molar-refractivity contribution in [1.29, 1.82) is 0 Å². The third-order valence-electron chi connectivity index (χ3n) is 3.80. The maximum Gasteiger partial charge on any atom is 0.242 e. The van der Waals surface area contributed by atoms with E-state index in [0.717, 1.165) is 0 Å². The van der Waals surface area contributed by atoms with Gasteiger partial charge in [0.25, 0.3) is 0 Å². The van der Waals surface area contributed by atoms with Crippen LogP contribution >= 0.6 is 11.6 Å². The molecule has 0 unspecified atom stereocenters. The molecule has 7 nitrogen and oxygen atoms in total. The number of carbonyl (C=O) groups is 1. The molecule has 0 radical (unpaired) electrons. The number of amides is 1. The predicted octanol–water partition coefficient (Wildman–Crippen LogP) is 2.40. The molecule has 9 heteroatoms. The average Bonchev–Trinajstić information content (AvgIpc) is 3.06. The number of nitrogens with one attached hydrogen (secondary N) is 1. The zero-order valence-corrected chi connectivity index (χ0v) is 15.5. The second kappa shape index (κ2) is 7.53. The Kier molecular flexibility index (Phi) is 5.36. The summed E-state index contributed by atoms with van der Waals surface area (Å²) in [5.41, 5.74) is 0.596. The lowest BCUT2D eigenvalue weighted by atomic mass is 10.2. The van der Waals surface area contributed by atoms with Crippen LogP contribution in [0.15, 0.2) is 47.4 Å².